The highest BCUT2D eigenvalue weighted by Crippen LogP contribution is 2.26. The van der Waals surface area contributed by atoms with Crippen LogP contribution in [0.5, 0.6) is 0 Å². The lowest BCUT2D eigenvalue weighted by atomic mass is 10.0. The minimum atomic E-state index is -0.440. The summed E-state index contributed by atoms with van der Waals surface area (Å²) in [7, 11) is 0. The summed E-state index contributed by atoms with van der Waals surface area (Å²) in [6.07, 6.45) is 0. The van der Waals surface area contributed by atoms with Gasteiger partial charge < -0.3 is 5.32 Å². The van der Waals surface area contributed by atoms with Gasteiger partial charge in [0, 0.05) is 11.4 Å². The molecule has 0 radical (unpaired) electrons. The van der Waals surface area contributed by atoms with Gasteiger partial charge in [0.2, 0.25) is 0 Å². The van der Waals surface area contributed by atoms with Crippen LogP contribution in [0.2, 0.25) is 0 Å². The number of para-hydroxylation sites is 2. The SMILES string of the molecule is CC(=NNC(=O)C(C)Sc1nnc(CNc2ccccc2)n1-c1ccccc1)c1ccc2ccccc2c1. The molecular weight excluding hydrogens is 492 g/mol. The Bertz CT molecular complexity index is 1570. The topological polar surface area (TPSA) is 84.2 Å². The molecule has 4 aromatic carbocycles. The Morgan fingerprint density at radius 2 is 1.58 bits per heavy atom. The van der Waals surface area contributed by atoms with Gasteiger partial charge in [-0.1, -0.05) is 84.6 Å². The van der Waals surface area contributed by atoms with Crippen LogP contribution in [0.15, 0.2) is 113 Å². The van der Waals surface area contributed by atoms with Crippen molar-refractivity contribution in [3.63, 3.8) is 0 Å². The largest absolute Gasteiger partial charge is 0.378 e. The molecule has 1 amide bonds. The second-order valence-corrected chi connectivity index (χ2v) is 10.1. The van der Waals surface area contributed by atoms with E-state index >= 15 is 0 Å². The number of hydrogen-bond donors (Lipinski definition) is 2. The average molecular weight is 521 g/mol. The van der Waals surface area contributed by atoms with Crippen molar-refractivity contribution in [2.45, 2.75) is 30.8 Å². The molecule has 5 rings (SSSR count). The molecule has 5 aromatic rings. The molecule has 1 unspecified atom stereocenters. The van der Waals surface area contributed by atoms with Crippen LogP contribution < -0.4 is 10.7 Å². The Morgan fingerprint density at radius 1 is 0.895 bits per heavy atom. The van der Waals surface area contributed by atoms with Gasteiger partial charge in [-0.25, -0.2) is 5.43 Å². The first-order chi connectivity index (χ1) is 18.6. The summed E-state index contributed by atoms with van der Waals surface area (Å²) in [5.41, 5.74) is 6.35. The monoisotopic (exact) mass is 520 g/mol. The van der Waals surface area contributed by atoms with Gasteiger partial charge in [0.1, 0.15) is 0 Å². The lowest BCUT2D eigenvalue weighted by molar-refractivity contribution is -0.120. The average Bonchev–Trinajstić information content (AvgIpc) is 3.37. The van der Waals surface area contributed by atoms with Gasteiger partial charge in [0.25, 0.3) is 5.91 Å². The van der Waals surface area contributed by atoms with E-state index in [4.69, 9.17) is 0 Å². The predicted octanol–water partition coefficient (Wildman–Crippen LogP) is 6.05. The number of hydrazone groups is 1. The van der Waals surface area contributed by atoms with Gasteiger partial charge in [-0.3, -0.25) is 9.36 Å². The van der Waals surface area contributed by atoms with E-state index in [-0.39, 0.29) is 5.91 Å². The Labute approximate surface area is 226 Å². The summed E-state index contributed by atoms with van der Waals surface area (Å²) < 4.78 is 1.98. The summed E-state index contributed by atoms with van der Waals surface area (Å²) in [6, 6.07) is 34.2. The summed E-state index contributed by atoms with van der Waals surface area (Å²) in [5, 5.41) is 19.1. The zero-order valence-corrected chi connectivity index (χ0v) is 22.0. The smallest absolute Gasteiger partial charge is 0.253 e. The number of fused-ring (bicyclic) bond motifs is 1. The molecule has 38 heavy (non-hydrogen) atoms. The fourth-order valence-corrected chi connectivity index (χ4v) is 4.87. The van der Waals surface area contributed by atoms with Crippen molar-refractivity contribution in [1.29, 1.82) is 0 Å². The maximum Gasteiger partial charge on any atom is 0.253 e. The molecule has 0 aliphatic heterocycles. The minimum Gasteiger partial charge on any atom is -0.378 e. The van der Waals surface area contributed by atoms with Crippen molar-refractivity contribution in [1.82, 2.24) is 20.2 Å². The number of benzene rings is 4. The number of nitrogens with zero attached hydrogens (tertiary/aromatic N) is 4. The number of carbonyl (C=O) groups is 1. The quantitative estimate of drug-likeness (QED) is 0.140. The number of aromatic nitrogens is 3. The molecule has 0 saturated carbocycles. The van der Waals surface area contributed by atoms with Gasteiger partial charge in [-0.05, 0) is 60.5 Å². The lowest BCUT2D eigenvalue weighted by Crippen LogP contribution is -2.28. The number of amides is 1. The fourth-order valence-electron chi connectivity index (χ4n) is 3.99. The number of thioether (sulfide) groups is 1. The molecule has 1 atom stereocenters. The molecule has 1 heterocycles. The number of anilines is 1. The second kappa shape index (κ2) is 11.7. The summed E-state index contributed by atoms with van der Waals surface area (Å²) in [5.74, 6) is 0.544. The van der Waals surface area contributed by atoms with E-state index in [1.165, 1.54) is 17.1 Å². The Hall–Kier alpha value is -4.43. The fraction of sp³-hybridized carbons (Fsp3) is 0.133. The van der Waals surface area contributed by atoms with Crippen molar-refractivity contribution in [2.24, 2.45) is 5.10 Å². The standard InChI is InChI=1S/C30H28N6OS/c1-21(24-18-17-23-11-9-10-12-25(23)19-24)32-34-29(37)22(2)38-30-35-33-28(20-31-26-13-5-3-6-14-26)36(30)27-15-7-4-8-16-27/h3-19,22,31H,20H2,1-2H3,(H,34,37). The van der Waals surface area contributed by atoms with Crippen LogP contribution in [-0.4, -0.2) is 31.6 Å². The third kappa shape index (κ3) is 5.92. The van der Waals surface area contributed by atoms with Crippen molar-refractivity contribution in [3.8, 4) is 5.69 Å². The number of hydrogen-bond acceptors (Lipinski definition) is 6. The third-order valence-electron chi connectivity index (χ3n) is 6.09. The second-order valence-electron chi connectivity index (χ2n) is 8.78. The van der Waals surface area contributed by atoms with Crippen LogP contribution in [0.25, 0.3) is 16.5 Å². The molecule has 2 N–H and O–H groups in total. The first-order valence-electron chi connectivity index (χ1n) is 12.4. The first kappa shape index (κ1) is 25.2. The molecule has 0 fully saturated rings. The molecule has 0 saturated heterocycles. The maximum absolute atomic E-state index is 13.0. The normalized spacial score (nSPS) is 12.3. The van der Waals surface area contributed by atoms with E-state index in [1.54, 1.807) is 0 Å². The van der Waals surface area contributed by atoms with Crippen LogP contribution in [-0.2, 0) is 11.3 Å². The lowest BCUT2D eigenvalue weighted by Gasteiger charge is -2.13. The zero-order chi connectivity index (χ0) is 26.3. The van der Waals surface area contributed by atoms with E-state index in [0.29, 0.717) is 11.7 Å². The van der Waals surface area contributed by atoms with Gasteiger partial charge in [0.15, 0.2) is 11.0 Å². The van der Waals surface area contributed by atoms with Gasteiger partial charge >= 0.3 is 0 Å². The predicted molar refractivity (Wildman–Crippen MR) is 155 cm³/mol. The molecule has 1 aromatic heterocycles. The van der Waals surface area contributed by atoms with Crippen LogP contribution in [0.1, 0.15) is 25.2 Å². The number of nitrogens with one attached hydrogen (secondary N) is 2. The maximum atomic E-state index is 13.0. The van der Waals surface area contributed by atoms with Crippen LogP contribution >= 0.6 is 11.8 Å². The Balaban J connectivity index is 1.30. The first-order valence-corrected chi connectivity index (χ1v) is 13.2. The van der Waals surface area contributed by atoms with Crippen molar-refractivity contribution in [2.75, 3.05) is 5.32 Å². The molecular formula is C30H28N6OS. The summed E-state index contributed by atoms with van der Waals surface area (Å²) in [4.78, 5) is 13.0. The number of carbonyl (C=O) groups excluding carboxylic acids is 1. The highest BCUT2D eigenvalue weighted by molar-refractivity contribution is 8.00. The molecule has 190 valence electrons. The van der Waals surface area contributed by atoms with Crippen molar-refractivity contribution >= 4 is 39.8 Å². The molecule has 0 aliphatic carbocycles. The van der Waals surface area contributed by atoms with E-state index in [9.17, 15) is 4.79 Å². The zero-order valence-electron chi connectivity index (χ0n) is 21.2. The number of rotatable bonds is 9. The third-order valence-corrected chi connectivity index (χ3v) is 7.13. The highest BCUT2D eigenvalue weighted by atomic mass is 32.2. The Morgan fingerprint density at radius 3 is 2.34 bits per heavy atom. The molecule has 0 spiro atoms. The van der Waals surface area contributed by atoms with Crippen LogP contribution in [0.4, 0.5) is 5.69 Å². The molecule has 7 nitrogen and oxygen atoms in total. The highest BCUT2D eigenvalue weighted by Gasteiger charge is 2.21. The van der Waals surface area contributed by atoms with Gasteiger partial charge in [-0.15, -0.1) is 10.2 Å². The van der Waals surface area contributed by atoms with E-state index < -0.39 is 5.25 Å². The summed E-state index contributed by atoms with van der Waals surface area (Å²) in [6.45, 7) is 4.22. The van der Waals surface area contributed by atoms with Gasteiger partial charge in [0.05, 0.1) is 17.5 Å². The molecule has 0 bridgehead atoms. The summed E-state index contributed by atoms with van der Waals surface area (Å²) >= 11 is 1.35. The molecule has 0 aliphatic rings. The van der Waals surface area contributed by atoms with E-state index in [0.717, 1.165) is 33.9 Å². The van der Waals surface area contributed by atoms with E-state index in [1.807, 2.05) is 97.3 Å². The van der Waals surface area contributed by atoms with Crippen LogP contribution in [0.3, 0.4) is 0 Å². The van der Waals surface area contributed by atoms with Crippen LogP contribution in [0, 0.1) is 0 Å². The minimum absolute atomic E-state index is 0.207. The van der Waals surface area contributed by atoms with Crippen molar-refractivity contribution in [3.05, 3.63) is 115 Å². The van der Waals surface area contributed by atoms with Gasteiger partial charge in [-0.2, -0.15) is 5.10 Å². The van der Waals surface area contributed by atoms with E-state index in [2.05, 4.69) is 50.3 Å². The Kier molecular flexibility index (Phi) is 7.80. The van der Waals surface area contributed by atoms with Crippen molar-refractivity contribution < 1.29 is 4.79 Å². The molecule has 8 heteroatoms.